The second-order valence-corrected chi connectivity index (χ2v) is 10.9. The van der Waals surface area contributed by atoms with Gasteiger partial charge in [-0.1, -0.05) is 50.2 Å². The van der Waals surface area contributed by atoms with Crippen LogP contribution in [0.2, 0.25) is 0 Å². The molecule has 3 fully saturated rings. The molecular weight excluding hydrogens is 440 g/mol. The fraction of sp³-hybridized carbons (Fsp3) is 0.500. The number of methoxy groups -OCH3 is 1. The molecule has 0 saturated carbocycles. The predicted octanol–water partition coefficient (Wildman–Crippen LogP) is 2.86. The van der Waals surface area contributed by atoms with Gasteiger partial charge in [-0.3, -0.25) is 25.1 Å². The van der Waals surface area contributed by atoms with Gasteiger partial charge in [-0.25, -0.2) is 0 Å². The van der Waals surface area contributed by atoms with Crippen molar-refractivity contribution in [1.29, 1.82) is 0 Å². The molecule has 7 nitrogen and oxygen atoms in total. The number of ether oxygens (including phenoxy) is 1. The largest absolute Gasteiger partial charge is 0.497 e. The average Bonchev–Trinajstić information content (AvgIpc) is 3.14. The first kappa shape index (κ1) is 22.7. The minimum atomic E-state index is -0.404. The molecule has 3 heterocycles. The fourth-order valence-corrected chi connectivity index (χ4v) is 7.08. The molecule has 0 aromatic heterocycles. The number of hydrogen-bond acceptors (Lipinski definition) is 6. The van der Waals surface area contributed by atoms with Crippen molar-refractivity contribution in [2.24, 2.45) is 23.7 Å². The molecule has 8 atom stereocenters. The fourth-order valence-electron chi connectivity index (χ4n) is 7.08. The maximum atomic E-state index is 13.8. The highest BCUT2D eigenvalue weighted by Gasteiger charge is 2.57. The van der Waals surface area contributed by atoms with Gasteiger partial charge in [-0.2, -0.15) is 0 Å². The number of amides is 1. The second kappa shape index (κ2) is 8.73. The van der Waals surface area contributed by atoms with Crippen LogP contribution in [0.25, 0.3) is 0 Å². The summed E-state index contributed by atoms with van der Waals surface area (Å²) >= 11 is 0. The smallest absolute Gasteiger partial charge is 0.228 e. The summed E-state index contributed by atoms with van der Waals surface area (Å²) in [6.07, 6.45) is 0.749. The highest BCUT2D eigenvalue weighted by atomic mass is 16.5. The van der Waals surface area contributed by atoms with Gasteiger partial charge in [0.25, 0.3) is 0 Å². The maximum absolute atomic E-state index is 13.8. The first-order valence-electron chi connectivity index (χ1n) is 12.8. The first-order valence-corrected chi connectivity index (χ1v) is 12.8. The van der Waals surface area contributed by atoms with E-state index in [1.54, 1.807) is 7.11 Å². The highest BCUT2D eigenvalue weighted by molar-refractivity contribution is 6.04. The van der Waals surface area contributed by atoms with Gasteiger partial charge in [0.2, 0.25) is 5.91 Å². The third-order valence-corrected chi connectivity index (χ3v) is 8.40. The molecule has 0 bridgehead atoms. The van der Waals surface area contributed by atoms with E-state index in [9.17, 15) is 9.59 Å². The van der Waals surface area contributed by atoms with Gasteiger partial charge in [0.15, 0.2) is 5.78 Å². The number of nitrogens with one attached hydrogen (secondary N) is 3. The number of piperidine rings is 2. The number of benzene rings is 2. The van der Waals surface area contributed by atoms with Crippen LogP contribution in [-0.2, 0) is 4.79 Å². The lowest BCUT2D eigenvalue weighted by atomic mass is 9.68. The quantitative estimate of drug-likeness (QED) is 0.635. The summed E-state index contributed by atoms with van der Waals surface area (Å²) in [7, 11) is 1.64. The van der Waals surface area contributed by atoms with Crippen molar-refractivity contribution in [3.05, 3.63) is 65.2 Å². The summed E-state index contributed by atoms with van der Waals surface area (Å²) in [5.74, 6) is 1.07. The summed E-state index contributed by atoms with van der Waals surface area (Å²) in [6, 6.07) is 15.6. The van der Waals surface area contributed by atoms with Crippen LogP contribution in [-0.4, -0.2) is 49.2 Å². The Bertz CT molecular complexity index is 1130. The van der Waals surface area contributed by atoms with Gasteiger partial charge in [-0.15, -0.1) is 0 Å². The van der Waals surface area contributed by atoms with Crippen molar-refractivity contribution in [3.63, 3.8) is 0 Å². The average molecular weight is 475 g/mol. The molecule has 3 saturated heterocycles. The molecule has 3 aliphatic heterocycles. The Balaban J connectivity index is 1.38. The summed E-state index contributed by atoms with van der Waals surface area (Å²) in [4.78, 5) is 29.8. The molecular formula is C28H34N4O3. The first-order chi connectivity index (χ1) is 16.9. The zero-order valence-electron chi connectivity index (χ0n) is 20.5. The topological polar surface area (TPSA) is 82.7 Å². The van der Waals surface area contributed by atoms with E-state index in [0.717, 1.165) is 35.5 Å². The second-order valence-electron chi connectivity index (χ2n) is 10.9. The number of carbonyl (C=O) groups excluding carboxylic acids is 2. The zero-order chi connectivity index (χ0) is 24.3. The van der Waals surface area contributed by atoms with Crippen LogP contribution in [0.5, 0.6) is 5.75 Å². The highest BCUT2D eigenvalue weighted by Crippen LogP contribution is 2.51. The molecule has 0 spiro atoms. The summed E-state index contributed by atoms with van der Waals surface area (Å²) in [5, 5.41) is 10.7. The number of rotatable bonds is 3. The van der Waals surface area contributed by atoms with Crippen molar-refractivity contribution < 1.29 is 14.3 Å². The molecule has 3 N–H and O–H groups in total. The van der Waals surface area contributed by atoms with Gasteiger partial charge in [0, 0.05) is 36.5 Å². The van der Waals surface area contributed by atoms with E-state index in [1.807, 2.05) is 48.5 Å². The van der Waals surface area contributed by atoms with Crippen molar-refractivity contribution in [3.8, 4) is 5.75 Å². The lowest BCUT2D eigenvalue weighted by Gasteiger charge is -2.52. The minimum Gasteiger partial charge on any atom is -0.497 e. The molecule has 7 heteroatoms. The lowest BCUT2D eigenvalue weighted by Crippen LogP contribution is -2.74. The van der Waals surface area contributed by atoms with E-state index >= 15 is 0 Å². The Morgan fingerprint density at radius 1 is 0.886 bits per heavy atom. The monoisotopic (exact) mass is 474 g/mol. The van der Waals surface area contributed by atoms with E-state index in [0.29, 0.717) is 11.8 Å². The van der Waals surface area contributed by atoms with Crippen LogP contribution in [0.1, 0.15) is 53.7 Å². The Morgan fingerprint density at radius 3 is 2.31 bits per heavy atom. The van der Waals surface area contributed by atoms with Gasteiger partial charge in [0.05, 0.1) is 19.2 Å². The molecule has 4 aliphatic rings. The summed E-state index contributed by atoms with van der Waals surface area (Å²) in [5.41, 5.74) is 2.79. The van der Waals surface area contributed by atoms with E-state index in [2.05, 4.69) is 34.7 Å². The normalized spacial score (nSPS) is 36.7. The third-order valence-electron chi connectivity index (χ3n) is 8.40. The molecule has 1 aliphatic carbocycles. The molecule has 8 unspecified atom stereocenters. The van der Waals surface area contributed by atoms with Crippen LogP contribution < -0.4 is 20.7 Å². The Kier molecular flexibility index (Phi) is 5.66. The molecule has 35 heavy (non-hydrogen) atoms. The molecule has 2 aromatic carbocycles. The zero-order valence-corrected chi connectivity index (χ0v) is 20.5. The Morgan fingerprint density at radius 2 is 1.60 bits per heavy atom. The maximum Gasteiger partial charge on any atom is 0.228 e. The van der Waals surface area contributed by atoms with Gasteiger partial charge >= 0.3 is 0 Å². The molecule has 2 aromatic rings. The standard InChI is InChI=1S/C28H34N4O3/c1-15-12-16(2)14-32(13-15)28-30-26-23(27(34)31-28)21(17-8-10-18(35-3)11-9-17)22-24(29-26)19-6-4-5-7-20(19)25(22)33/h4-11,15-16,21-24,26,28-30H,12-14H2,1-3H3,(H,31,34). The number of nitrogens with zero attached hydrogens (tertiary/aromatic N) is 1. The van der Waals surface area contributed by atoms with Gasteiger partial charge in [0.1, 0.15) is 12.0 Å². The number of hydrogen-bond donors (Lipinski definition) is 3. The summed E-state index contributed by atoms with van der Waals surface area (Å²) in [6.45, 7) is 6.46. The Hall–Kier alpha value is -2.74. The van der Waals surface area contributed by atoms with Crippen molar-refractivity contribution in [2.75, 3.05) is 20.2 Å². The molecule has 184 valence electrons. The van der Waals surface area contributed by atoms with Crippen molar-refractivity contribution >= 4 is 11.7 Å². The number of likely N-dealkylation sites (tertiary alicyclic amines) is 1. The van der Waals surface area contributed by atoms with E-state index in [1.165, 1.54) is 6.42 Å². The number of carbonyl (C=O) groups is 2. The van der Waals surface area contributed by atoms with Crippen molar-refractivity contribution in [2.45, 2.75) is 44.7 Å². The van der Waals surface area contributed by atoms with Gasteiger partial charge in [-0.05, 0) is 41.5 Å². The van der Waals surface area contributed by atoms with E-state index in [-0.39, 0.29) is 42.0 Å². The number of Topliss-reactive ketones (excluding diaryl/α,β-unsaturated/α-hetero) is 1. The number of fused-ring (bicyclic) bond motifs is 4. The predicted molar refractivity (Wildman–Crippen MR) is 133 cm³/mol. The molecule has 1 amide bonds. The number of ketones is 1. The van der Waals surface area contributed by atoms with Crippen LogP contribution in [0.3, 0.4) is 0 Å². The van der Waals surface area contributed by atoms with E-state index in [4.69, 9.17) is 4.74 Å². The van der Waals surface area contributed by atoms with Crippen molar-refractivity contribution in [1.82, 2.24) is 20.9 Å². The SMILES string of the molecule is COc1ccc(C2C3C(=O)NC(N4CC(C)CC(C)C4)NC3NC3c4ccccc4C(=O)C32)cc1. The van der Waals surface area contributed by atoms with Crippen LogP contribution in [0.15, 0.2) is 48.5 Å². The summed E-state index contributed by atoms with van der Waals surface area (Å²) < 4.78 is 5.36. The third kappa shape index (κ3) is 3.77. The van der Waals surface area contributed by atoms with Crippen LogP contribution >= 0.6 is 0 Å². The molecule has 0 radical (unpaired) electrons. The molecule has 6 rings (SSSR count). The Labute approximate surface area is 206 Å². The van der Waals surface area contributed by atoms with Crippen LogP contribution in [0, 0.1) is 23.7 Å². The minimum absolute atomic E-state index is 0.000142. The van der Waals surface area contributed by atoms with Crippen LogP contribution in [0.4, 0.5) is 0 Å². The van der Waals surface area contributed by atoms with E-state index < -0.39 is 5.92 Å². The van der Waals surface area contributed by atoms with Gasteiger partial charge < -0.3 is 10.1 Å². The lowest BCUT2D eigenvalue weighted by molar-refractivity contribution is -0.138.